The van der Waals surface area contributed by atoms with E-state index in [1.54, 1.807) is 11.1 Å². The number of ketones is 1. The molecule has 0 radical (unpaired) electrons. The maximum Gasteiger partial charge on any atom is 0.228 e. The zero-order valence-corrected chi connectivity index (χ0v) is 18.0. The maximum atomic E-state index is 12.9. The molecular formula is C24H21N3O3S. The number of carbonyl (C=O) groups excluding carboxylic acids is 3. The van der Waals surface area contributed by atoms with Crippen molar-refractivity contribution in [1.29, 1.82) is 0 Å². The average molecular weight is 432 g/mol. The average Bonchev–Trinajstić information content (AvgIpc) is 3.18. The molecule has 2 aromatic carbocycles. The van der Waals surface area contributed by atoms with Gasteiger partial charge >= 0.3 is 0 Å². The van der Waals surface area contributed by atoms with Crippen molar-refractivity contribution >= 4 is 40.1 Å². The van der Waals surface area contributed by atoms with E-state index in [-0.39, 0.29) is 24.0 Å². The molecule has 0 saturated heterocycles. The van der Waals surface area contributed by atoms with Crippen LogP contribution in [0.5, 0.6) is 0 Å². The van der Waals surface area contributed by atoms with E-state index in [1.807, 2.05) is 60.7 Å². The first-order valence-electron chi connectivity index (χ1n) is 9.87. The quantitative estimate of drug-likeness (QED) is 0.582. The number of nitrogens with one attached hydrogen (secondary N) is 1. The molecule has 1 aliphatic rings. The molecule has 1 aromatic heterocycles. The summed E-state index contributed by atoms with van der Waals surface area (Å²) >= 11 is 1.16. The highest BCUT2D eigenvalue weighted by Gasteiger charge is 2.28. The summed E-state index contributed by atoms with van der Waals surface area (Å²) in [6, 6.07) is 16.7. The lowest BCUT2D eigenvalue weighted by Gasteiger charge is -2.32. The molecule has 3 aromatic rings. The number of fused-ring (bicyclic) bond motifs is 1. The second-order valence-corrected chi connectivity index (χ2v) is 8.26. The van der Waals surface area contributed by atoms with Crippen LogP contribution in [0.2, 0.25) is 0 Å². The zero-order chi connectivity index (χ0) is 22.0. The van der Waals surface area contributed by atoms with Crippen molar-refractivity contribution in [2.24, 2.45) is 0 Å². The molecule has 4 rings (SSSR count). The normalized spacial score (nSPS) is 14.8. The van der Waals surface area contributed by atoms with Crippen molar-refractivity contribution in [2.75, 3.05) is 5.32 Å². The first kappa shape index (κ1) is 20.7. The second-order valence-electron chi connectivity index (χ2n) is 7.26. The smallest absolute Gasteiger partial charge is 0.228 e. The number of benzene rings is 2. The number of aromatic nitrogens is 1. The summed E-state index contributed by atoms with van der Waals surface area (Å²) in [5.41, 5.74) is 3.28. The SMILES string of the molecule is CC(=O)c1sc(NC(=O)CC2c3ccccc3C=CN2C(C)=O)nc1-c1ccccc1. The highest BCUT2D eigenvalue weighted by molar-refractivity contribution is 7.18. The minimum absolute atomic E-state index is 0.0799. The molecule has 1 unspecified atom stereocenters. The van der Waals surface area contributed by atoms with Gasteiger partial charge in [-0.05, 0) is 17.2 Å². The maximum absolute atomic E-state index is 12.9. The van der Waals surface area contributed by atoms with Gasteiger partial charge in [0.05, 0.1) is 23.0 Å². The van der Waals surface area contributed by atoms with Gasteiger partial charge < -0.3 is 10.2 Å². The highest BCUT2D eigenvalue weighted by atomic mass is 32.1. The van der Waals surface area contributed by atoms with Gasteiger partial charge in [0.25, 0.3) is 0 Å². The number of thiazole rings is 1. The van der Waals surface area contributed by atoms with Gasteiger partial charge in [-0.15, -0.1) is 0 Å². The standard InChI is InChI=1S/C24H21N3O3S/c1-15(28)23-22(18-9-4-3-5-10-18)26-24(31-23)25-21(30)14-20-19-11-7-6-8-17(19)12-13-27(20)16(2)29/h3-13,20H,14H2,1-2H3,(H,25,26,30). The summed E-state index contributed by atoms with van der Waals surface area (Å²) in [6.45, 7) is 2.97. The molecule has 31 heavy (non-hydrogen) atoms. The highest BCUT2D eigenvalue weighted by Crippen LogP contribution is 2.34. The van der Waals surface area contributed by atoms with Crippen molar-refractivity contribution < 1.29 is 14.4 Å². The minimum atomic E-state index is -0.403. The van der Waals surface area contributed by atoms with Crippen LogP contribution in [0.4, 0.5) is 5.13 Å². The summed E-state index contributed by atoms with van der Waals surface area (Å²) in [6.07, 6.45) is 3.67. The fourth-order valence-corrected chi connectivity index (χ4v) is 4.56. The summed E-state index contributed by atoms with van der Waals surface area (Å²) in [4.78, 5) is 43.7. The van der Waals surface area contributed by atoms with Crippen LogP contribution in [0.3, 0.4) is 0 Å². The fraction of sp³-hybridized carbons (Fsp3) is 0.167. The van der Waals surface area contributed by atoms with Crippen molar-refractivity contribution in [3.05, 3.63) is 76.8 Å². The minimum Gasteiger partial charge on any atom is -0.311 e. The van der Waals surface area contributed by atoms with E-state index in [4.69, 9.17) is 0 Å². The molecule has 2 amide bonds. The van der Waals surface area contributed by atoms with E-state index in [0.29, 0.717) is 15.7 Å². The third-order valence-electron chi connectivity index (χ3n) is 5.09. The molecule has 7 heteroatoms. The molecule has 2 heterocycles. The van der Waals surface area contributed by atoms with Crippen molar-refractivity contribution in [3.63, 3.8) is 0 Å². The Morgan fingerprint density at radius 2 is 1.74 bits per heavy atom. The van der Waals surface area contributed by atoms with Gasteiger partial charge in [-0.25, -0.2) is 4.98 Å². The van der Waals surface area contributed by atoms with Crippen LogP contribution in [-0.4, -0.2) is 27.5 Å². The molecule has 0 aliphatic carbocycles. The molecule has 0 bridgehead atoms. The molecular weight excluding hydrogens is 410 g/mol. The van der Waals surface area contributed by atoms with Crippen LogP contribution in [0.25, 0.3) is 17.3 Å². The van der Waals surface area contributed by atoms with Crippen LogP contribution in [-0.2, 0) is 9.59 Å². The topological polar surface area (TPSA) is 79.4 Å². The monoisotopic (exact) mass is 431 g/mol. The Labute approximate surface area is 184 Å². The first-order valence-corrected chi connectivity index (χ1v) is 10.7. The third-order valence-corrected chi connectivity index (χ3v) is 6.16. The van der Waals surface area contributed by atoms with Crippen LogP contribution in [0, 0.1) is 0 Å². The molecule has 1 aliphatic heterocycles. The van der Waals surface area contributed by atoms with Crippen LogP contribution in [0.15, 0.2) is 60.8 Å². The Morgan fingerprint density at radius 3 is 2.45 bits per heavy atom. The van der Waals surface area contributed by atoms with Crippen LogP contribution in [0.1, 0.15) is 47.1 Å². The van der Waals surface area contributed by atoms with E-state index in [0.717, 1.165) is 28.0 Å². The summed E-state index contributed by atoms with van der Waals surface area (Å²) in [7, 11) is 0. The van der Waals surface area contributed by atoms with Gasteiger partial charge in [0.2, 0.25) is 11.8 Å². The van der Waals surface area contributed by atoms with E-state index in [2.05, 4.69) is 10.3 Å². The Morgan fingerprint density at radius 1 is 1.03 bits per heavy atom. The number of hydrogen-bond acceptors (Lipinski definition) is 5. The molecule has 0 saturated carbocycles. The Balaban J connectivity index is 1.58. The predicted octanol–water partition coefficient (Wildman–Crippen LogP) is 4.92. The van der Waals surface area contributed by atoms with Gasteiger partial charge in [-0.1, -0.05) is 65.9 Å². The van der Waals surface area contributed by atoms with Gasteiger partial charge in [0, 0.05) is 25.6 Å². The number of anilines is 1. The van der Waals surface area contributed by atoms with Crippen LogP contribution >= 0.6 is 11.3 Å². The van der Waals surface area contributed by atoms with Gasteiger partial charge in [-0.3, -0.25) is 14.4 Å². The first-order chi connectivity index (χ1) is 14.9. The number of Topliss-reactive ketones (excluding diaryl/α,β-unsaturated/α-hetero) is 1. The van der Waals surface area contributed by atoms with Crippen LogP contribution < -0.4 is 5.32 Å². The summed E-state index contributed by atoms with van der Waals surface area (Å²) in [5, 5.41) is 3.18. The molecule has 0 fully saturated rings. The molecule has 156 valence electrons. The summed E-state index contributed by atoms with van der Waals surface area (Å²) in [5.74, 6) is -0.515. The third kappa shape index (κ3) is 4.32. The van der Waals surface area contributed by atoms with Gasteiger partial charge in [0.1, 0.15) is 0 Å². The second kappa shape index (κ2) is 8.65. The van der Waals surface area contributed by atoms with Crippen molar-refractivity contribution in [2.45, 2.75) is 26.3 Å². The van der Waals surface area contributed by atoms with Gasteiger partial charge in [-0.2, -0.15) is 0 Å². The number of amides is 2. The molecule has 1 atom stereocenters. The van der Waals surface area contributed by atoms with E-state index in [9.17, 15) is 14.4 Å². The van der Waals surface area contributed by atoms with E-state index < -0.39 is 6.04 Å². The number of carbonyl (C=O) groups is 3. The Bertz CT molecular complexity index is 1180. The predicted molar refractivity (Wildman–Crippen MR) is 122 cm³/mol. The largest absolute Gasteiger partial charge is 0.311 e. The number of nitrogens with zero attached hydrogens (tertiary/aromatic N) is 2. The van der Waals surface area contributed by atoms with E-state index in [1.165, 1.54) is 13.8 Å². The van der Waals surface area contributed by atoms with E-state index >= 15 is 0 Å². The fourth-order valence-electron chi connectivity index (χ4n) is 3.66. The lowest BCUT2D eigenvalue weighted by molar-refractivity contribution is -0.129. The molecule has 6 nitrogen and oxygen atoms in total. The lowest BCUT2D eigenvalue weighted by Crippen LogP contribution is -2.33. The number of rotatable bonds is 5. The Hall–Kier alpha value is -3.58. The van der Waals surface area contributed by atoms with Gasteiger partial charge in [0.15, 0.2) is 10.9 Å². The molecule has 1 N–H and O–H groups in total. The molecule has 0 spiro atoms. The lowest BCUT2D eigenvalue weighted by atomic mass is 9.93. The number of hydrogen-bond donors (Lipinski definition) is 1. The van der Waals surface area contributed by atoms with Crippen molar-refractivity contribution in [1.82, 2.24) is 9.88 Å². The Kier molecular flexibility index (Phi) is 5.77. The van der Waals surface area contributed by atoms with Crippen molar-refractivity contribution in [3.8, 4) is 11.3 Å². The summed E-state index contributed by atoms with van der Waals surface area (Å²) < 4.78 is 0. The zero-order valence-electron chi connectivity index (χ0n) is 17.2.